The first kappa shape index (κ1) is 12.9. The minimum absolute atomic E-state index is 0.337. The molecule has 0 aromatic carbocycles. The average Bonchev–Trinajstić information content (AvgIpc) is 2.32. The van der Waals surface area contributed by atoms with Gasteiger partial charge >= 0.3 is 5.69 Å². The fraction of sp³-hybridized carbons (Fsp3) is 0.556. The number of aliphatic hydroxyl groups is 3. The van der Waals surface area contributed by atoms with E-state index in [2.05, 4.69) is 0 Å². The number of hydrogen-bond donors (Lipinski definition) is 4. The molecular weight excluding hydrogens is 251 g/mol. The molecule has 100 valence electrons. The number of aromatic amines is 1. The summed E-state index contributed by atoms with van der Waals surface area (Å²) in [5.74, 6) is -1.23. The zero-order chi connectivity index (χ0) is 13.4. The number of halogens is 1. The van der Waals surface area contributed by atoms with Crippen molar-refractivity contribution in [2.75, 3.05) is 6.61 Å². The molecule has 4 atom stereocenters. The molecule has 8 nitrogen and oxygen atoms in total. The van der Waals surface area contributed by atoms with E-state index < -0.39 is 41.6 Å². The molecule has 1 aromatic heterocycles. The summed E-state index contributed by atoms with van der Waals surface area (Å²) in [4.78, 5) is 24.0. The van der Waals surface area contributed by atoms with Gasteiger partial charge in [0.05, 0.1) is 12.8 Å². The van der Waals surface area contributed by atoms with Gasteiger partial charge in [-0.1, -0.05) is 0 Å². The summed E-state index contributed by atoms with van der Waals surface area (Å²) in [6.07, 6.45) is -5.29. The molecule has 0 bridgehead atoms. The van der Waals surface area contributed by atoms with Gasteiger partial charge in [0.2, 0.25) is 5.82 Å². The zero-order valence-corrected chi connectivity index (χ0v) is 8.99. The third-order valence-corrected chi connectivity index (χ3v) is 2.67. The van der Waals surface area contributed by atoms with Crippen LogP contribution in [0.25, 0.3) is 0 Å². The Bertz CT molecular complexity index is 555. The fourth-order valence-electron chi connectivity index (χ4n) is 1.69. The molecule has 18 heavy (non-hydrogen) atoms. The van der Waals surface area contributed by atoms with Crippen LogP contribution in [0.3, 0.4) is 0 Å². The van der Waals surface area contributed by atoms with Crippen molar-refractivity contribution < 1.29 is 24.4 Å². The van der Waals surface area contributed by atoms with Gasteiger partial charge in [-0.2, -0.15) is 4.39 Å². The van der Waals surface area contributed by atoms with E-state index in [0.717, 1.165) is 0 Å². The summed E-state index contributed by atoms with van der Waals surface area (Å²) in [5.41, 5.74) is -2.18. The molecule has 1 aromatic rings. The minimum atomic E-state index is -1.63. The number of aliphatic hydroxyl groups excluding tert-OH is 3. The van der Waals surface area contributed by atoms with Crippen LogP contribution in [-0.4, -0.2) is 49.8 Å². The standard InChI is InChI=1S/C9H11FN2O6/c10-3-1-12(9(17)11-7(3)16)8-6(15)5(14)4(13)2-18-8/h1,4-6,8,13-15H,2H2,(H,11,16,17)/t4-,5-,6-,8-/m1/s1. The molecular formula is C9H11FN2O6. The average molecular weight is 262 g/mol. The van der Waals surface area contributed by atoms with Crippen LogP contribution in [0.4, 0.5) is 4.39 Å². The highest BCUT2D eigenvalue weighted by Gasteiger charge is 2.39. The molecule has 1 aliphatic heterocycles. The minimum Gasteiger partial charge on any atom is -0.388 e. The Labute approximate surface area is 98.9 Å². The number of aromatic nitrogens is 2. The van der Waals surface area contributed by atoms with Crippen molar-refractivity contribution in [3.63, 3.8) is 0 Å². The molecule has 0 spiro atoms. The molecule has 4 N–H and O–H groups in total. The third-order valence-electron chi connectivity index (χ3n) is 2.67. The highest BCUT2D eigenvalue weighted by molar-refractivity contribution is 4.92. The maximum Gasteiger partial charge on any atom is 0.330 e. The number of ether oxygens (including phenoxy) is 1. The zero-order valence-electron chi connectivity index (χ0n) is 8.99. The summed E-state index contributed by atoms with van der Waals surface area (Å²) in [6.45, 7) is -0.337. The molecule has 9 heteroatoms. The van der Waals surface area contributed by atoms with Gasteiger partial charge in [-0.25, -0.2) is 4.79 Å². The van der Waals surface area contributed by atoms with E-state index in [9.17, 15) is 29.3 Å². The topological polar surface area (TPSA) is 125 Å². The van der Waals surface area contributed by atoms with E-state index in [1.807, 2.05) is 0 Å². The van der Waals surface area contributed by atoms with Crippen LogP contribution in [0.15, 0.2) is 15.8 Å². The van der Waals surface area contributed by atoms with Gasteiger partial charge in [0, 0.05) is 0 Å². The van der Waals surface area contributed by atoms with Crippen LogP contribution in [0.5, 0.6) is 0 Å². The van der Waals surface area contributed by atoms with Crippen LogP contribution in [0.2, 0.25) is 0 Å². The summed E-state index contributed by atoms with van der Waals surface area (Å²) in [6, 6.07) is 0. The molecule has 0 amide bonds. The largest absolute Gasteiger partial charge is 0.388 e. The van der Waals surface area contributed by atoms with Crippen LogP contribution in [0, 0.1) is 5.82 Å². The van der Waals surface area contributed by atoms with Gasteiger partial charge in [0.1, 0.15) is 18.3 Å². The Morgan fingerprint density at radius 3 is 2.67 bits per heavy atom. The predicted octanol–water partition coefficient (Wildman–Crippen LogP) is -2.71. The molecule has 1 saturated heterocycles. The van der Waals surface area contributed by atoms with Crippen LogP contribution in [-0.2, 0) is 4.74 Å². The number of rotatable bonds is 1. The first-order valence-corrected chi connectivity index (χ1v) is 5.08. The third kappa shape index (κ3) is 2.08. The van der Waals surface area contributed by atoms with Gasteiger partial charge in [0.25, 0.3) is 5.56 Å². The quantitative estimate of drug-likeness (QED) is 0.436. The van der Waals surface area contributed by atoms with Crippen molar-refractivity contribution in [3.05, 3.63) is 32.9 Å². The Balaban J connectivity index is 2.41. The van der Waals surface area contributed by atoms with Crippen molar-refractivity contribution in [1.29, 1.82) is 0 Å². The van der Waals surface area contributed by atoms with E-state index in [0.29, 0.717) is 10.8 Å². The van der Waals surface area contributed by atoms with Crippen molar-refractivity contribution in [2.45, 2.75) is 24.5 Å². The molecule has 1 aliphatic rings. The smallest absolute Gasteiger partial charge is 0.330 e. The maximum atomic E-state index is 13.1. The highest BCUT2D eigenvalue weighted by Crippen LogP contribution is 2.22. The Kier molecular flexibility index (Phi) is 3.30. The maximum absolute atomic E-state index is 13.1. The van der Waals surface area contributed by atoms with Crippen LogP contribution >= 0.6 is 0 Å². The SMILES string of the molecule is O=c1[nH]c(=O)n([C@@H]2OC[C@@H](O)[C@@H](O)[C@H]2O)cc1F. The lowest BCUT2D eigenvalue weighted by atomic mass is 10.0. The lowest BCUT2D eigenvalue weighted by molar-refractivity contribution is -0.212. The molecule has 2 heterocycles. The molecule has 0 radical (unpaired) electrons. The second-order valence-corrected chi connectivity index (χ2v) is 3.92. The van der Waals surface area contributed by atoms with Gasteiger partial charge in [-0.15, -0.1) is 0 Å². The lowest BCUT2D eigenvalue weighted by Gasteiger charge is -2.35. The van der Waals surface area contributed by atoms with Crippen molar-refractivity contribution in [2.24, 2.45) is 0 Å². The first-order valence-electron chi connectivity index (χ1n) is 5.08. The summed E-state index contributed by atoms with van der Waals surface area (Å²) in [7, 11) is 0. The normalized spacial score (nSPS) is 32.4. The summed E-state index contributed by atoms with van der Waals surface area (Å²) in [5, 5.41) is 28.3. The number of nitrogens with zero attached hydrogens (tertiary/aromatic N) is 1. The van der Waals surface area contributed by atoms with Crippen LogP contribution < -0.4 is 11.2 Å². The van der Waals surface area contributed by atoms with Gasteiger partial charge in [-0.05, 0) is 0 Å². The predicted molar refractivity (Wildman–Crippen MR) is 54.3 cm³/mol. The second kappa shape index (κ2) is 4.61. The summed E-state index contributed by atoms with van der Waals surface area (Å²) < 4.78 is 18.6. The molecule has 0 aliphatic carbocycles. The lowest BCUT2D eigenvalue weighted by Crippen LogP contribution is -2.53. The fourth-order valence-corrected chi connectivity index (χ4v) is 1.69. The van der Waals surface area contributed by atoms with Crippen molar-refractivity contribution in [3.8, 4) is 0 Å². The molecule has 1 fully saturated rings. The Hall–Kier alpha value is -1.55. The monoisotopic (exact) mass is 262 g/mol. The molecule has 0 unspecified atom stereocenters. The Morgan fingerprint density at radius 2 is 2.00 bits per heavy atom. The van der Waals surface area contributed by atoms with E-state index in [-0.39, 0.29) is 6.61 Å². The first-order chi connectivity index (χ1) is 8.41. The summed E-state index contributed by atoms with van der Waals surface area (Å²) >= 11 is 0. The number of H-pyrrole nitrogens is 1. The molecule has 0 saturated carbocycles. The number of hydrogen-bond acceptors (Lipinski definition) is 6. The second-order valence-electron chi connectivity index (χ2n) is 3.92. The van der Waals surface area contributed by atoms with E-state index in [1.54, 1.807) is 4.98 Å². The van der Waals surface area contributed by atoms with Crippen LogP contribution in [0.1, 0.15) is 6.23 Å². The highest BCUT2D eigenvalue weighted by atomic mass is 19.1. The van der Waals surface area contributed by atoms with Gasteiger partial charge in [-0.3, -0.25) is 14.3 Å². The number of nitrogens with one attached hydrogen (secondary N) is 1. The Morgan fingerprint density at radius 1 is 1.33 bits per heavy atom. The van der Waals surface area contributed by atoms with E-state index in [1.165, 1.54) is 0 Å². The van der Waals surface area contributed by atoms with Gasteiger partial charge in [0.15, 0.2) is 6.23 Å². The van der Waals surface area contributed by atoms with Gasteiger partial charge < -0.3 is 20.1 Å². The van der Waals surface area contributed by atoms with E-state index >= 15 is 0 Å². The van der Waals surface area contributed by atoms with Crippen molar-refractivity contribution in [1.82, 2.24) is 9.55 Å². The molecule has 2 rings (SSSR count). The van der Waals surface area contributed by atoms with Crippen molar-refractivity contribution >= 4 is 0 Å². The van der Waals surface area contributed by atoms with E-state index in [4.69, 9.17) is 4.74 Å².